The average molecular weight is 286 g/mol. The first kappa shape index (κ1) is 11.9. The van der Waals surface area contributed by atoms with Crippen molar-refractivity contribution in [1.29, 1.82) is 0 Å². The Labute approximate surface area is 104 Å². The molecule has 0 saturated carbocycles. The van der Waals surface area contributed by atoms with Gasteiger partial charge < -0.3 is 9.47 Å². The van der Waals surface area contributed by atoms with E-state index in [-0.39, 0.29) is 0 Å². The van der Waals surface area contributed by atoms with E-state index in [0.717, 1.165) is 22.5 Å². The van der Waals surface area contributed by atoms with Crippen molar-refractivity contribution in [3.63, 3.8) is 0 Å². The zero-order valence-corrected chi connectivity index (χ0v) is 11.4. The van der Waals surface area contributed by atoms with Crippen LogP contribution in [0.1, 0.15) is 38.1 Å². The maximum absolute atomic E-state index is 5.69. The monoisotopic (exact) mass is 285 g/mol. The number of rotatable bonds is 2. The van der Waals surface area contributed by atoms with Crippen LogP contribution >= 0.6 is 15.9 Å². The highest BCUT2D eigenvalue weighted by molar-refractivity contribution is 9.09. The van der Waals surface area contributed by atoms with E-state index in [1.165, 1.54) is 0 Å². The first-order valence-electron chi connectivity index (χ1n) is 5.40. The minimum atomic E-state index is -0.544. The SMILES string of the molecule is C[C@@H](CBr)c1ccc2c(n1)COC(C)(C)O2. The van der Waals surface area contributed by atoms with Crippen LogP contribution in [0, 0.1) is 0 Å². The number of hydrogen-bond donors (Lipinski definition) is 0. The van der Waals surface area contributed by atoms with Crippen LogP contribution in [0.3, 0.4) is 0 Å². The van der Waals surface area contributed by atoms with Gasteiger partial charge >= 0.3 is 0 Å². The number of nitrogens with zero attached hydrogens (tertiary/aromatic N) is 1. The van der Waals surface area contributed by atoms with E-state index in [2.05, 4.69) is 27.8 Å². The summed E-state index contributed by atoms with van der Waals surface area (Å²) < 4.78 is 11.3. The molecule has 0 aromatic carbocycles. The number of fused-ring (bicyclic) bond motifs is 1. The molecule has 0 fully saturated rings. The second-order valence-electron chi connectivity index (χ2n) is 4.53. The van der Waals surface area contributed by atoms with Crippen LogP contribution in [0.2, 0.25) is 0 Å². The quantitative estimate of drug-likeness (QED) is 0.782. The van der Waals surface area contributed by atoms with Crippen molar-refractivity contribution in [2.24, 2.45) is 0 Å². The van der Waals surface area contributed by atoms with Crippen LogP contribution in [0.25, 0.3) is 0 Å². The number of alkyl halides is 1. The number of halogens is 1. The predicted octanol–water partition coefficient (Wildman–Crippen LogP) is 3.23. The van der Waals surface area contributed by atoms with Gasteiger partial charge in [0.2, 0.25) is 5.79 Å². The van der Waals surface area contributed by atoms with Crippen LogP contribution in [0.4, 0.5) is 0 Å². The summed E-state index contributed by atoms with van der Waals surface area (Å²) in [6, 6.07) is 4.01. The molecule has 1 aromatic rings. The first-order chi connectivity index (χ1) is 7.52. The molecule has 0 bridgehead atoms. The van der Waals surface area contributed by atoms with Gasteiger partial charge in [0.1, 0.15) is 11.4 Å². The summed E-state index contributed by atoms with van der Waals surface area (Å²) in [5, 5.41) is 0.909. The smallest absolute Gasteiger partial charge is 0.205 e. The van der Waals surface area contributed by atoms with E-state index in [1.54, 1.807) is 0 Å². The van der Waals surface area contributed by atoms with Gasteiger partial charge in [-0.1, -0.05) is 22.9 Å². The third-order valence-electron chi connectivity index (χ3n) is 2.60. The summed E-state index contributed by atoms with van der Waals surface area (Å²) in [6.45, 7) is 6.47. The summed E-state index contributed by atoms with van der Waals surface area (Å²) in [7, 11) is 0. The number of ether oxygens (including phenoxy) is 2. The third kappa shape index (κ3) is 2.38. The molecule has 0 amide bonds. The zero-order valence-electron chi connectivity index (χ0n) is 9.79. The summed E-state index contributed by atoms with van der Waals surface area (Å²) in [6.07, 6.45) is 0. The van der Waals surface area contributed by atoms with Gasteiger partial charge in [-0.3, -0.25) is 4.98 Å². The minimum Gasteiger partial charge on any atom is -0.461 e. The highest BCUT2D eigenvalue weighted by Crippen LogP contribution is 2.31. The summed E-state index contributed by atoms with van der Waals surface area (Å²) in [5.41, 5.74) is 1.96. The fourth-order valence-electron chi connectivity index (χ4n) is 1.59. The molecule has 1 aromatic heterocycles. The van der Waals surface area contributed by atoms with Gasteiger partial charge in [0.05, 0.1) is 6.61 Å². The molecule has 1 aliphatic rings. The third-order valence-corrected chi connectivity index (χ3v) is 3.57. The fraction of sp³-hybridized carbons (Fsp3) is 0.583. The molecular formula is C12H16BrNO2. The van der Waals surface area contributed by atoms with E-state index in [0.29, 0.717) is 12.5 Å². The fourth-order valence-corrected chi connectivity index (χ4v) is 1.92. The van der Waals surface area contributed by atoms with Gasteiger partial charge in [0, 0.05) is 30.8 Å². The Morgan fingerprint density at radius 1 is 1.50 bits per heavy atom. The van der Waals surface area contributed by atoms with E-state index >= 15 is 0 Å². The lowest BCUT2D eigenvalue weighted by atomic mass is 10.1. The normalized spacial score (nSPS) is 19.8. The Morgan fingerprint density at radius 3 is 2.94 bits per heavy atom. The maximum Gasteiger partial charge on any atom is 0.205 e. The Morgan fingerprint density at radius 2 is 2.25 bits per heavy atom. The van der Waals surface area contributed by atoms with Crippen molar-refractivity contribution in [2.45, 2.75) is 39.1 Å². The Balaban J connectivity index is 2.28. The van der Waals surface area contributed by atoms with Crippen molar-refractivity contribution >= 4 is 15.9 Å². The van der Waals surface area contributed by atoms with Crippen molar-refractivity contribution in [1.82, 2.24) is 4.98 Å². The highest BCUT2D eigenvalue weighted by Gasteiger charge is 2.28. The second kappa shape index (κ2) is 4.34. The molecule has 0 spiro atoms. The van der Waals surface area contributed by atoms with Crippen molar-refractivity contribution < 1.29 is 9.47 Å². The average Bonchev–Trinajstić information content (AvgIpc) is 2.26. The van der Waals surface area contributed by atoms with Gasteiger partial charge in [-0.05, 0) is 12.1 Å². The number of pyridine rings is 1. The predicted molar refractivity (Wildman–Crippen MR) is 65.9 cm³/mol. The summed E-state index contributed by atoms with van der Waals surface area (Å²) >= 11 is 3.46. The number of aromatic nitrogens is 1. The van der Waals surface area contributed by atoms with Crippen LogP contribution in [0.15, 0.2) is 12.1 Å². The second-order valence-corrected chi connectivity index (χ2v) is 5.17. The Hall–Kier alpha value is -0.610. The van der Waals surface area contributed by atoms with Gasteiger partial charge in [-0.15, -0.1) is 0 Å². The van der Waals surface area contributed by atoms with Gasteiger partial charge in [0.25, 0.3) is 0 Å². The van der Waals surface area contributed by atoms with Crippen LogP contribution in [-0.4, -0.2) is 16.1 Å². The Bertz CT molecular complexity index is 393. The lowest BCUT2D eigenvalue weighted by Gasteiger charge is -2.32. The van der Waals surface area contributed by atoms with Crippen LogP contribution in [0.5, 0.6) is 5.75 Å². The van der Waals surface area contributed by atoms with Crippen molar-refractivity contribution in [3.05, 3.63) is 23.5 Å². The van der Waals surface area contributed by atoms with Gasteiger partial charge in [0.15, 0.2) is 0 Å². The molecule has 0 unspecified atom stereocenters. The lowest BCUT2D eigenvalue weighted by molar-refractivity contribution is -0.181. The molecule has 1 atom stereocenters. The largest absolute Gasteiger partial charge is 0.461 e. The molecule has 0 saturated heterocycles. The maximum atomic E-state index is 5.69. The summed E-state index contributed by atoms with van der Waals surface area (Å²) in [5.74, 6) is 0.694. The molecule has 1 aliphatic heterocycles. The molecular weight excluding hydrogens is 270 g/mol. The Kier molecular flexibility index (Phi) is 3.22. The minimum absolute atomic E-state index is 0.403. The van der Waals surface area contributed by atoms with Crippen LogP contribution < -0.4 is 4.74 Å². The van der Waals surface area contributed by atoms with Crippen LogP contribution in [-0.2, 0) is 11.3 Å². The van der Waals surface area contributed by atoms with Gasteiger partial charge in [-0.25, -0.2) is 0 Å². The molecule has 3 nitrogen and oxygen atoms in total. The summed E-state index contributed by atoms with van der Waals surface area (Å²) in [4.78, 5) is 4.57. The van der Waals surface area contributed by atoms with E-state index in [1.807, 2.05) is 26.0 Å². The van der Waals surface area contributed by atoms with Crippen molar-refractivity contribution in [2.75, 3.05) is 5.33 Å². The topological polar surface area (TPSA) is 31.4 Å². The molecule has 88 valence electrons. The zero-order chi connectivity index (χ0) is 11.8. The standard InChI is InChI=1S/C12H16BrNO2/c1-8(6-13)9-4-5-11-10(14-9)7-15-12(2,3)16-11/h4-5,8H,6-7H2,1-3H3/t8-/m0/s1. The van der Waals surface area contributed by atoms with E-state index in [9.17, 15) is 0 Å². The van der Waals surface area contributed by atoms with Gasteiger partial charge in [-0.2, -0.15) is 0 Å². The van der Waals surface area contributed by atoms with Crippen molar-refractivity contribution in [3.8, 4) is 5.75 Å². The molecule has 2 rings (SSSR count). The lowest BCUT2D eigenvalue weighted by Crippen LogP contribution is -2.35. The molecule has 0 radical (unpaired) electrons. The van der Waals surface area contributed by atoms with E-state index < -0.39 is 5.79 Å². The number of hydrogen-bond acceptors (Lipinski definition) is 3. The highest BCUT2D eigenvalue weighted by atomic mass is 79.9. The van der Waals surface area contributed by atoms with E-state index in [4.69, 9.17) is 9.47 Å². The molecule has 0 N–H and O–H groups in total. The molecule has 0 aliphatic carbocycles. The first-order valence-corrected chi connectivity index (χ1v) is 6.53. The molecule has 2 heterocycles. The molecule has 16 heavy (non-hydrogen) atoms. The molecule has 4 heteroatoms.